The van der Waals surface area contributed by atoms with Gasteiger partial charge in [0.1, 0.15) is 0 Å². The van der Waals surface area contributed by atoms with E-state index in [1.807, 2.05) is 0 Å². The lowest BCUT2D eigenvalue weighted by Gasteiger charge is -2.26. The average molecular weight is 258 g/mol. The molecule has 1 aromatic carbocycles. The molecule has 2 aliphatic heterocycles. The Morgan fingerprint density at radius 2 is 1.89 bits per heavy atom. The lowest BCUT2D eigenvalue weighted by atomic mass is 10.0. The van der Waals surface area contributed by atoms with E-state index in [-0.39, 0.29) is 12.0 Å². The summed E-state index contributed by atoms with van der Waals surface area (Å²) in [5.74, 6) is -2.46. The quantitative estimate of drug-likeness (QED) is 0.744. The lowest BCUT2D eigenvalue weighted by Crippen LogP contribution is -2.42. The minimum absolute atomic E-state index is 0.176. The standard InChI is InChI=1S/C13H10N2O4/c16-9-5-2-6-15(13(9)19)8-4-1-3-7-10(8)11(17)12(18)14-7/h1,3-4H,2,5-6H2,(H,14,17,18). The van der Waals surface area contributed by atoms with E-state index in [2.05, 4.69) is 5.32 Å². The van der Waals surface area contributed by atoms with Gasteiger partial charge in [-0.3, -0.25) is 19.2 Å². The number of hydrogen-bond donors (Lipinski definition) is 1. The highest BCUT2D eigenvalue weighted by Gasteiger charge is 2.35. The van der Waals surface area contributed by atoms with Crippen molar-refractivity contribution in [2.75, 3.05) is 16.8 Å². The molecule has 1 fully saturated rings. The summed E-state index contributed by atoms with van der Waals surface area (Å²) < 4.78 is 0. The van der Waals surface area contributed by atoms with Gasteiger partial charge in [-0.25, -0.2) is 0 Å². The van der Waals surface area contributed by atoms with E-state index in [0.717, 1.165) is 0 Å². The molecule has 1 aromatic rings. The van der Waals surface area contributed by atoms with Crippen LogP contribution in [0.5, 0.6) is 0 Å². The SMILES string of the molecule is O=C1CCCN(c2cccc3c2C(=O)C(=O)N3)C1=O. The van der Waals surface area contributed by atoms with Gasteiger partial charge in [-0.05, 0) is 18.6 Å². The minimum Gasteiger partial charge on any atom is -0.318 e. The maximum absolute atomic E-state index is 11.9. The number of nitrogens with zero attached hydrogens (tertiary/aromatic N) is 1. The van der Waals surface area contributed by atoms with E-state index in [0.29, 0.717) is 24.3 Å². The third-order valence-electron chi connectivity index (χ3n) is 3.28. The smallest absolute Gasteiger partial charge is 0.296 e. The number of carbonyl (C=O) groups is 4. The predicted molar refractivity (Wildman–Crippen MR) is 66.0 cm³/mol. The average Bonchev–Trinajstić information content (AvgIpc) is 2.69. The Morgan fingerprint density at radius 3 is 2.68 bits per heavy atom. The highest BCUT2D eigenvalue weighted by atomic mass is 16.2. The third kappa shape index (κ3) is 1.64. The number of rotatable bonds is 1. The van der Waals surface area contributed by atoms with Crippen LogP contribution in [0.3, 0.4) is 0 Å². The van der Waals surface area contributed by atoms with Crippen LogP contribution in [0.1, 0.15) is 23.2 Å². The van der Waals surface area contributed by atoms with E-state index in [4.69, 9.17) is 0 Å². The number of piperidine rings is 1. The normalized spacial score (nSPS) is 18.6. The molecule has 96 valence electrons. The van der Waals surface area contributed by atoms with Crippen molar-refractivity contribution in [1.29, 1.82) is 0 Å². The maximum atomic E-state index is 11.9. The summed E-state index contributed by atoms with van der Waals surface area (Å²) >= 11 is 0. The van der Waals surface area contributed by atoms with Crippen LogP contribution in [0.15, 0.2) is 18.2 Å². The topological polar surface area (TPSA) is 83.6 Å². The second-order valence-corrected chi connectivity index (χ2v) is 4.47. The summed E-state index contributed by atoms with van der Waals surface area (Å²) in [6.45, 7) is 0.377. The van der Waals surface area contributed by atoms with Crippen LogP contribution in [0.4, 0.5) is 11.4 Å². The molecule has 0 aromatic heterocycles. The number of ketones is 2. The van der Waals surface area contributed by atoms with Gasteiger partial charge in [0.25, 0.3) is 17.6 Å². The van der Waals surface area contributed by atoms with Crippen LogP contribution >= 0.6 is 0 Å². The fourth-order valence-corrected chi connectivity index (χ4v) is 2.39. The fourth-order valence-electron chi connectivity index (χ4n) is 2.39. The second kappa shape index (κ2) is 4.01. The van der Waals surface area contributed by atoms with Crippen molar-refractivity contribution in [1.82, 2.24) is 0 Å². The van der Waals surface area contributed by atoms with Crippen LogP contribution in [-0.4, -0.2) is 29.9 Å². The van der Waals surface area contributed by atoms with Crippen LogP contribution in [0.25, 0.3) is 0 Å². The first-order chi connectivity index (χ1) is 9.09. The summed E-state index contributed by atoms with van der Waals surface area (Å²) in [7, 11) is 0. The van der Waals surface area contributed by atoms with Crippen molar-refractivity contribution < 1.29 is 19.2 Å². The first-order valence-electron chi connectivity index (χ1n) is 5.93. The number of anilines is 2. The first-order valence-corrected chi connectivity index (χ1v) is 5.93. The number of amides is 2. The molecular formula is C13H10N2O4. The number of fused-ring (bicyclic) bond motifs is 1. The summed E-state index contributed by atoms with van der Waals surface area (Å²) in [6.07, 6.45) is 0.791. The lowest BCUT2D eigenvalue weighted by molar-refractivity contribution is -0.137. The number of Topliss-reactive ketones (excluding diaryl/α,β-unsaturated/α-hetero) is 2. The Morgan fingerprint density at radius 1 is 1.11 bits per heavy atom. The molecule has 0 aliphatic carbocycles. The molecule has 6 heteroatoms. The molecule has 0 spiro atoms. The van der Waals surface area contributed by atoms with Crippen molar-refractivity contribution in [3.05, 3.63) is 23.8 Å². The van der Waals surface area contributed by atoms with Crippen LogP contribution in [0.2, 0.25) is 0 Å². The van der Waals surface area contributed by atoms with Crippen LogP contribution in [0, 0.1) is 0 Å². The number of nitrogens with one attached hydrogen (secondary N) is 1. The Bertz CT molecular complexity index is 636. The zero-order valence-electron chi connectivity index (χ0n) is 9.93. The summed E-state index contributed by atoms with van der Waals surface area (Å²) in [6, 6.07) is 4.81. The molecular weight excluding hydrogens is 248 g/mol. The monoisotopic (exact) mass is 258 g/mol. The van der Waals surface area contributed by atoms with Crippen molar-refractivity contribution in [2.24, 2.45) is 0 Å². The summed E-state index contributed by atoms with van der Waals surface area (Å²) in [5.41, 5.74) is 0.896. The first kappa shape index (κ1) is 11.6. The maximum Gasteiger partial charge on any atom is 0.296 e. The Balaban J connectivity index is 2.10. The van der Waals surface area contributed by atoms with Gasteiger partial charge >= 0.3 is 0 Å². The molecule has 0 radical (unpaired) electrons. The Labute approximate surface area is 108 Å². The van der Waals surface area contributed by atoms with Crippen LogP contribution in [-0.2, 0) is 14.4 Å². The molecule has 0 unspecified atom stereocenters. The van der Waals surface area contributed by atoms with Crippen molar-refractivity contribution in [2.45, 2.75) is 12.8 Å². The van der Waals surface area contributed by atoms with E-state index >= 15 is 0 Å². The van der Waals surface area contributed by atoms with Gasteiger partial charge in [-0.2, -0.15) is 0 Å². The summed E-state index contributed by atoms with van der Waals surface area (Å²) in [5, 5.41) is 2.44. The highest BCUT2D eigenvalue weighted by molar-refractivity contribution is 6.53. The van der Waals surface area contributed by atoms with Crippen molar-refractivity contribution >= 4 is 34.8 Å². The zero-order chi connectivity index (χ0) is 13.6. The van der Waals surface area contributed by atoms with Gasteiger partial charge in [0.15, 0.2) is 0 Å². The Kier molecular flexibility index (Phi) is 2.45. The van der Waals surface area contributed by atoms with Gasteiger partial charge in [0, 0.05) is 13.0 Å². The molecule has 19 heavy (non-hydrogen) atoms. The van der Waals surface area contributed by atoms with Gasteiger partial charge in [0.05, 0.1) is 16.9 Å². The molecule has 0 bridgehead atoms. The summed E-state index contributed by atoms with van der Waals surface area (Å²) in [4.78, 5) is 47.8. The minimum atomic E-state index is -0.710. The predicted octanol–water partition coefficient (Wildman–Crippen LogP) is 0.517. The molecule has 2 amide bonds. The molecule has 1 N–H and O–H groups in total. The van der Waals surface area contributed by atoms with Gasteiger partial charge in [0.2, 0.25) is 5.78 Å². The van der Waals surface area contributed by atoms with Crippen molar-refractivity contribution in [3.8, 4) is 0 Å². The molecule has 1 saturated heterocycles. The molecule has 0 atom stereocenters. The van der Waals surface area contributed by atoms with Gasteiger partial charge in [-0.1, -0.05) is 6.07 Å². The van der Waals surface area contributed by atoms with E-state index < -0.39 is 23.4 Å². The third-order valence-corrected chi connectivity index (χ3v) is 3.28. The molecule has 6 nitrogen and oxygen atoms in total. The van der Waals surface area contributed by atoms with Gasteiger partial charge in [-0.15, -0.1) is 0 Å². The van der Waals surface area contributed by atoms with Crippen LogP contribution < -0.4 is 10.2 Å². The highest BCUT2D eigenvalue weighted by Crippen LogP contribution is 2.33. The largest absolute Gasteiger partial charge is 0.318 e. The number of benzene rings is 1. The molecule has 0 saturated carbocycles. The molecule has 2 heterocycles. The van der Waals surface area contributed by atoms with E-state index in [1.54, 1.807) is 18.2 Å². The molecule has 3 rings (SSSR count). The molecule has 2 aliphatic rings. The van der Waals surface area contributed by atoms with E-state index in [9.17, 15) is 19.2 Å². The zero-order valence-corrected chi connectivity index (χ0v) is 9.93. The van der Waals surface area contributed by atoms with Crippen molar-refractivity contribution in [3.63, 3.8) is 0 Å². The van der Waals surface area contributed by atoms with E-state index in [1.165, 1.54) is 4.90 Å². The second-order valence-electron chi connectivity index (χ2n) is 4.47. The number of hydrogen-bond acceptors (Lipinski definition) is 4. The fraction of sp³-hybridized carbons (Fsp3) is 0.231. The van der Waals surface area contributed by atoms with Gasteiger partial charge < -0.3 is 10.2 Å². The Hall–Kier alpha value is -2.50. The number of carbonyl (C=O) groups excluding carboxylic acids is 4.